The normalized spacial score (nSPS) is 13.2. The standard InChI is InChI=1S/C18H34N6/c1-7-8-9-10-11-12-23(5)18(19-2)20-14-17(22(3)4)16-13-21-24(6)15-16/h7,13,15,17H,1,8-12,14H2,2-6H3,(H,19,20). The van der Waals surface area contributed by atoms with E-state index in [0.29, 0.717) is 0 Å². The Kier molecular flexibility index (Phi) is 9.15. The molecule has 0 saturated carbocycles. The van der Waals surface area contributed by atoms with Crippen molar-refractivity contribution in [2.75, 3.05) is 41.3 Å². The Labute approximate surface area is 147 Å². The molecular weight excluding hydrogens is 300 g/mol. The van der Waals surface area contributed by atoms with E-state index in [1.54, 1.807) is 0 Å². The van der Waals surface area contributed by atoms with Gasteiger partial charge in [0.1, 0.15) is 0 Å². The zero-order valence-electron chi connectivity index (χ0n) is 16.0. The lowest BCUT2D eigenvalue weighted by molar-refractivity contribution is 0.295. The summed E-state index contributed by atoms with van der Waals surface area (Å²) in [5, 5.41) is 7.77. The second-order valence-electron chi connectivity index (χ2n) is 6.41. The number of likely N-dealkylation sites (N-methyl/N-ethyl adjacent to an activating group) is 1. The van der Waals surface area contributed by atoms with Gasteiger partial charge in [0.2, 0.25) is 0 Å². The average molecular weight is 335 g/mol. The Morgan fingerprint density at radius 1 is 1.38 bits per heavy atom. The zero-order valence-corrected chi connectivity index (χ0v) is 16.0. The molecule has 1 heterocycles. The molecule has 24 heavy (non-hydrogen) atoms. The highest BCUT2D eigenvalue weighted by Crippen LogP contribution is 2.16. The number of rotatable bonds is 10. The number of guanidine groups is 1. The summed E-state index contributed by atoms with van der Waals surface area (Å²) in [6, 6.07) is 0.261. The Morgan fingerprint density at radius 2 is 2.12 bits per heavy atom. The quantitative estimate of drug-likeness (QED) is 0.309. The van der Waals surface area contributed by atoms with E-state index < -0.39 is 0 Å². The first-order valence-corrected chi connectivity index (χ1v) is 8.67. The maximum Gasteiger partial charge on any atom is 0.193 e. The van der Waals surface area contributed by atoms with E-state index in [9.17, 15) is 0 Å². The molecule has 1 aromatic rings. The molecule has 1 aromatic heterocycles. The molecule has 0 aliphatic heterocycles. The summed E-state index contributed by atoms with van der Waals surface area (Å²) >= 11 is 0. The van der Waals surface area contributed by atoms with Crippen LogP contribution in [0, 0.1) is 0 Å². The van der Waals surface area contributed by atoms with Gasteiger partial charge >= 0.3 is 0 Å². The molecule has 0 aliphatic carbocycles. The third-order valence-corrected chi connectivity index (χ3v) is 4.16. The van der Waals surface area contributed by atoms with Crippen molar-refractivity contribution in [3.8, 4) is 0 Å². The maximum atomic E-state index is 4.41. The molecule has 0 radical (unpaired) electrons. The number of unbranched alkanes of at least 4 members (excludes halogenated alkanes) is 3. The smallest absolute Gasteiger partial charge is 0.193 e. The van der Waals surface area contributed by atoms with Crippen LogP contribution in [0.25, 0.3) is 0 Å². The van der Waals surface area contributed by atoms with Gasteiger partial charge < -0.3 is 15.1 Å². The van der Waals surface area contributed by atoms with Gasteiger partial charge in [0.05, 0.1) is 12.2 Å². The minimum atomic E-state index is 0.261. The Bertz CT molecular complexity index is 505. The number of hydrogen-bond acceptors (Lipinski definition) is 3. The number of nitrogens with zero attached hydrogens (tertiary/aromatic N) is 5. The minimum Gasteiger partial charge on any atom is -0.354 e. The maximum absolute atomic E-state index is 4.41. The number of aryl methyl sites for hydroxylation is 1. The van der Waals surface area contributed by atoms with Gasteiger partial charge in [-0.05, 0) is 33.4 Å². The van der Waals surface area contributed by atoms with E-state index in [1.807, 2.05) is 31.1 Å². The van der Waals surface area contributed by atoms with Crippen LogP contribution >= 0.6 is 0 Å². The Morgan fingerprint density at radius 3 is 2.67 bits per heavy atom. The first-order chi connectivity index (χ1) is 11.5. The highest BCUT2D eigenvalue weighted by atomic mass is 15.3. The van der Waals surface area contributed by atoms with Gasteiger partial charge in [-0.15, -0.1) is 6.58 Å². The fourth-order valence-corrected chi connectivity index (χ4v) is 2.70. The van der Waals surface area contributed by atoms with Crippen LogP contribution in [0.5, 0.6) is 0 Å². The summed E-state index contributed by atoms with van der Waals surface area (Å²) in [5.41, 5.74) is 1.21. The Hall–Kier alpha value is -1.82. The van der Waals surface area contributed by atoms with Crippen LogP contribution in [-0.2, 0) is 7.05 Å². The van der Waals surface area contributed by atoms with Gasteiger partial charge in [0.25, 0.3) is 0 Å². The predicted octanol–water partition coefficient (Wildman–Crippen LogP) is 2.28. The molecule has 0 aromatic carbocycles. The lowest BCUT2D eigenvalue weighted by atomic mass is 10.1. The van der Waals surface area contributed by atoms with Gasteiger partial charge in [-0.1, -0.05) is 12.5 Å². The molecule has 0 bridgehead atoms. The van der Waals surface area contributed by atoms with Crippen molar-refractivity contribution in [2.24, 2.45) is 12.0 Å². The van der Waals surface area contributed by atoms with Crippen molar-refractivity contribution in [3.63, 3.8) is 0 Å². The summed E-state index contributed by atoms with van der Waals surface area (Å²) in [6.45, 7) is 5.57. The van der Waals surface area contributed by atoms with Crippen LogP contribution < -0.4 is 5.32 Å². The summed E-state index contributed by atoms with van der Waals surface area (Å²) in [4.78, 5) is 8.81. The number of nitrogens with one attached hydrogen (secondary N) is 1. The predicted molar refractivity (Wildman–Crippen MR) is 102 cm³/mol. The second-order valence-corrected chi connectivity index (χ2v) is 6.41. The van der Waals surface area contributed by atoms with E-state index in [2.05, 4.69) is 59.1 Å². The van der Waals surface area contributed by atoms with E-state index in [0.717, 1.165) is 25.5 Å². The molecule has 6 nitrogen and oxygen atoms in total. The van der Waals surface area contributed by atoms with Crippen molar-refractivity contribution in [1.29, 1.82) is 0 Å². The van der Waals surface area contributed by atoms with E-state index >= 15 is 0 Å². The monoisotopic (exact) mass is 334 g/mol. The highest BCUT2D eigenvalue weighted by molar-refractivity contribution is 5.79. The minimum absolute atomic E-state index is 0.261. The number of aromatic nitrogens is 2. The number of aliphatic imine (C=N–C) groups is 1. The molecule has 1 atom stereocenters. The fourth-order valence-electron chi connectivity index (χ4n) is 2.70. The molecule has 1 unspecified atom stereocenters. The van der Waals surface area contributed by atoms with Crippen LogP contribution in [0.4, 0.5) is 0 Å². The van der Waals surface area contributed by atoms with Crippen molar-refractivity contribution in [2.45, 2.75) is 31.7 Å². The van der Waals surface area contributed by atoms with Crippen LogP contribution in [0.3, 0.4) is 0 Å². The SMILES string of the molecule is C=CCCCCCN(C)C(=NC)NCC(c1cnn(C)c1)N(C)C. The van der Waals surface area contributed by atoms with E-state index in [1.165, 1.54) is 24.8 Å². The van der Waals surface area contributed by atoms with E-state index in [-0.39, 0.29) is 6.04 Å². The molecule has 1 rings (SSSR count). The molecule has 0 fully saturated rings. The Balaban J connectivity index is 2.49. The molecule has 1 N–H and O–H groups in total. The largest absolute Gasteiger partial charge is 0.354 e. The lowest BCUT2D eigenvalue weighted by Crippen LogP contribution is -2.43. The first-order valence-electron chi connectivity index (χ1n) is 8.67. The summed E-state index contributed by atoms with van der Waals surface area (Å²) in [6.07, 6.45) is 10.7. The van der Waals surface area contributed by atoms with Crippen LogP contribution in [0.2, 0.25) is 0 Å². The number of hydrogen-bond donors (Lipinski definition) is 1. The molecule has 0 aliphatic rings. The topological polar surface area (TPSA) is 48.7 Å². The van der Waals surface area contributed by atoms with Crippen LogP contribution in [-0.4, -0.2) is 66.8 Å². The van der Waals surface area contributed by atoms with Gasteiger partial charge in [-0.25, -0.2) is 0 Å². The number of allylic oxidation sites excluding steroid dienone is 1. The van der Waals surface area contributed by atoms with Crippen molar-refractivity contribution < 1.29 is 0 Å². The molecule has 136 valence electrons. The average Bonchev–Trinajstić information content (AvgIpc) is 2.96. The molecular formula is C18H34N6. The fraction of sp³-hybridized carbons (Fsp3) is 0.667. The highest BCUT2D eigenvalue weighted by Gasteiger charge is 2.17. The van der Waals surface area contributed by atoms with Gasteiger partial charge in [0.15, 0.2) is 5.96 Å². The molecule has 0 saturated heterocycles. The second kappa shape index (κ2) is 10.9. The zero-order chi connectivity index (χ0) is 17.9. The van der Waals surface area contributed by atoms with Gasteiger partial charge in [0, 0.05) is 46.0 Å². The van der Waals surface area contributed by atoms with E-state index in [4.69, 9.17) is 0 Å². The molecule has 6 heteroatoms. The van der Waals surface area contributed by atoms with Crippen LogP contribution in [0.15, 0.2) is 30.0 Å². The van der Waals surface area contributed by atoms with Crippen molar-refractivity contribution in [1.82, 2.24) is 24.9 Å². The van der Waals surface area contributed by atoms with Crippen LogP contribution in [0.1, 0.15) is 37.3 Å². The van der Waals surface area contributed by atoms with Crippen molar-refractivity contribution >= 4 is 5.96 Å². The molecule has 0 amide bonds. The summed E-state index contributed by atoms with van der Waals surface area (Å²) in [7, 11) is 10.1. The first kappa shape index (κ1) is 20.2. The third kappa shape index (κ3) is 6.74. The molecule has 0 spiro atoms. The lowest BCUT2D eigenvalue weighted by Gasteiger charge is -2.27. The van der Waals surface area contributed by atoms with Crippen molar-refractivity contribution in [3.05, 3.63) is 30.6 Å². The van der Waals surface area contributed by atoms with Gasteiger partial charge in [-0.3, -0.25) is 9.67 Å². The van der Waals surface area contributed by atoms with Gasteiger partial charge in [-0.2, -0.15) is 5.10 Å². The summed E-state index contributed by atoms with van der Waals surface area (Å²) in [5.74, 6) is 0.939. The summed E-state index contributed by atoms with van der Waals surface area (Å²) < 4.78 is 1.84. The third-order valence-electron chi connectivity index (χ3n) is 4.16.